The zero-order chi connectivity index (χ0) is 16.7. The van der Waals surface area contributed by atoms with Crippen LogP contribution in [0.2, 0.25) is 0 Å². The van der Waals surface area contributed by atoms with Crippen molar-refractivity contribution in [3.8, 4) is 0 Å². The molecule has 3 nitrogen and oxygen atoms in total. The molecule has 1 aromatic heterocycles. The lowest BCUT2D eigenvalue weighted by Crippen LogP contribution is -2.35. The first-order valence-electron chi connectivity index (χ1n) is 8.34. The highest BCUT2D eigenvalue weighted by Gasteiger charge is 2.42. The predicted octanol–water partition coefficient (Wildman–Crippen LogP) is 4.30. The summed E-state index contributed by atoms with van der Waals surface area (Å²) in [4.78, 5) is 16.2. The van der Waals surface area contributed by atoms with Gasteiger partial charge in [-0.05, 0) is 49.4 Å². The molecule has 0 bridgehead atoms. The summed E-state index contributed by atoms with van der Waals surface area (Å²) in [7, 11) is 0. The monoisotopic (exact) mass is 316 g/mol. The molecule has 1 fully saturated rings. The van der Waals surface area contributed by atoms with E-state index in [-0.39, 0.29) is 22.4 Å². The van der Waals surface area contributed by atoms with Gasteiger partial charge in [-0.25, -0.2) is 4.39 Å². The molecule has 2 heterocycles. The Labute approximate surface area is 136 Å². The van der Waals surface area contributed by atoms with Crippen LogP contribution < -0.4 is 5.32 Å². The van der Waals surface area contributed by atoms with E-state index in [1.807, 2.05) is 0 Å². The van der Waals surface area contributed by atoms with Crippen LogP contribution >= 0.6 is 0 Å². The molecule has 1 aromatic carbocycles. The molecule has 0 amide bonds. The minimum absolute atomic E-state index is 0.149. The normalized spacial score (nSPS) is 21.9. The molecule has 0 spiro atoms. The fourth-order valence-corrected chi connectivity index (χ4v) is 3.48. The Morgan fingerprint density at radius 1 is 1.30 bits per heavy atom. The summed E-state index contributed by atoms with van der Waals surface area (Å²) in [5.74, 6) is -0.161. The number of benzene rings is 1. The number of fused-ring (bicyclic) bond motifs is 1. The third kappa shape index (κ3) is 3.05. The third-order valence-electron chi connectivity index (χ3n) is 5.00. The van der Waals surface area contributed by atoms with Crippen molar-refractivity contribution in [3.63, 3.8) is 0 Å². The molecule has 0 saturated carbocycles. The van der Waals surface area contributed by atoms with Crippen molar-refractivity contribution in [3.05, 3.63) is 35.8 Å². The minimum atomic E-state index is -0.366. The van der Waals surface area contributed by atoms with E-state index in [2.05, 4.69) is 31.1 Å². The highest BCUT2D eigenvalue weighted by molar-refractivity contribution is 6.10. The van der Waals surface area contributed by atoms with Gasteiger partial charge in [0.25, 0.3) is 0 Å². The van der Waals surface area contributed by atoms with Crippen LogP contribution in [0.4, 0.5) is 4.39 Å². The standard InChI is InChI=1S/C19H25FN2O/c1-18(2,3)7-8-19(9-11-21-12-19)17(23)14-4-5-15(20)16-13(14)6-10-22-16/h4-6,10,21-22H,7-9,11-12H2,1-3H3/t19-/m0/s1. The molecule has 2 aromatic rings. The minimum Gasteiger partial charge on any atom is -0.359 e. The topological polar surface area (TPSA) is 44.9 Å². The average Bonchev–Trinajstić information content (AvgIpc) is 3.15. The number of hydrogen-bond acceptors (Lipinski definition) is 2. The maximum Gasteiger partial charge on any atom is 0.171 e. The number of aromatic amines is 1. The maximum atomic E-state index is 13.9. The van der Waals surface area contributed by atoms with Gasteiger partial charge in [0.05, 0.1) is 5.52 Å². The smallest absolute Gasteiger partial charge is 0.171 e. The fraction of sp³-hybridized carbons (Fsp3) is 0.526. The van der Waals surface area contributed by atoms with Crippen molar-refractivity contribution in [2.45, 2.75) is 40.0 Å². The van der Waals surface area contributed by atoms with E-state index in [9.17, 15) is 9.18 Å². The summed E-state index contributed by atoms with van der Waals surface area (Å²) < 4.78 is 13.9. The number of carbonyl (C=O) groups is 1. The zero-order valence-electron chi connectivity index (χ0n) is 14.1. The van der Waals surface area contributed by atoms with Crippen LogP contribution in [0.15, 0.2) is 24.4 Å². The van der Waals surface area contributed by atoms with Crippen molar-refractivity contribution < 1.29 is 9.18 Å². The van der Waals surface area contributed by atoms with Gasteiger partial charge in [0, 0.05) is 29.1 Å². The van der Waals surface area contributed by atoms with Crippen LogP contribution in [0, 0.1) is 16.6 Å². The summed E-state index contributed by atoms with van der Waals surface area (Å²) in [6.07, 6.45) is 4.41. The lowest BCUT2D eigenvalue weighted by atomic mass is 9.72. The van der Waals surface area contributed by atoms with Crippen LogP contribution in [-0.4, -0.2) is 23.9 Å². The van der Waals surface area contributed by atoms with E-state index >= 15 is 0 Å². The van der Waals surface area contributed by atoms with E-state index < -0.39 is 0 Å². The van der Waals surface area contributed by atoms with Crippen LogP contribution in [0.3, 0.4) is 0 Å². The lowest BCUT2D eigenvalue weighted by Gasteiger charge is -2.30. The number of Topliss-reactive ketones (excluding diaryl/α,β-unsaturated/α-hetero) is 1. The van der Waals surface area contributed by atoms with Gasteiger partial charge >= 0.3 is 0 Å². The Bertz CT molecular complexity index is 721. The van der Waals surface area contributed by atoms with Crippen LogP contribution in [-0.2, 0) is 0 Å². The van der Waals surface area contributed by atoms with Gasteiger partial charge in [0.2, 0.25) is 0 Å². The van der Waals surface area contributed by atoms with E-state index in [1.165, 1.54) is 6.07 Å². The molecular weight excluding hydrogens is 291 g/mol. The molecule has 23 heavy (non-hydrogen) atoms. The summed E-state index contributed by atoms with van der Waals surface area (Å²) in [5, 5.41) is 4.04. The van der Waals surface area contributed by atoms with E-state index in [0.29, 0.717) is 23.0 Å². The Kier molecular flexibility index (Phi) is 4.05. The Hall–Kier alpha value is -1.68. The molecule has 0 unspecified atom stereocenters. The van der Waals surface area contributed by atoms with Gasteiger partial charge in [-0.15, -0.1) is 0 Å². The van der Waals surface area contributed by atoms with Crippen molar-refractivity contribution in [2.24, 2.45) is 10.8 Å². The van der Waals surface area contributed by atoms with Crippen molar-refractivity contribution in [1.82, 2.24) is 10.3 Å². The van der Waals surface area contributed by atoms with Gasteiger partial charge in [0.1, 0.15) is 5.82 Å². The number of carbonyl (C=O) groups excluding carboxylic acids is 1. The molecular formula is C19H25FN2O. The summed E-state index contributed by atoms with van der Waals surface area (Å²) in [6, 6.07) is 4.84. The van der Waals surface area contributed by atoms with Gasteiger partial charge in [-0.1, -0.05) is 20.8 Å². The highest BCUT2D eigenvalue weighted by atomic mass is 19.1. The fourth-order valence-electron chi connectivity index (χ4n) is 3.48. The number of aromatic nitrogens is 1. The quantitative estimate of drug-likeness (QED) is 0.826. The van der Waals surface area contributed by atoms with Crippen LogP contribution in [0.25, 0.3) is 10.9 Å². The van der Waals surface area contributed by atoms with Crippen molar-refractivity contribution in [2.75, 3.05) is 13.1 Å². The summed E-state index contributed by atoms with van der Waals surface area (Å²) >= 11 is 0. The number of nitrogens with one attached hydrogen (secondary N) is 2. The Morgan fingerprint density at radius 3 is 2.74 bits per heavy atom. The molecule has 124 valence electrons. The maximum absolute atomic E-state index is 13.9. The van der Waals surface area contributed by atoms with Crippen LogP contribution in [0.1, 0.15) is 50.4 Å². The van der Waals surface area contributed by atoms with Crippen molar-refractivity contribution in [1.29, 1.82) is 0 Å². The van der Waals surface area contributed by atoms with Gasteiger partial charge in [0.15, 0.2) is 5.78 Å². The molecule has 1 aliphatic rings. The summed E-state index contributed by atoms with van der Waals surface area (Å²) in [6.45, 7) is 8.19. The lowest BCUT2D eigenvalue weighted by molar-refractivity contribution is 0.0785. The second-order valence-electron chi connectivity index (χ2n) is 7.96. The molecule has 0 radical (unpaired) electrons. The predicted molar refractivity (Wildman–Crippen MR) is 91.2 cm³/mol. The number of hydrogen-bond donors (Lipinski definition) is 2. The van der Waals surface area contributed by atoms with Gasteiger partial charge < -0.3 is 10.3 Å². The van der Waals surface area contributed by atoms with Crippen LogP contribution in [0.5, 0.6) is 0 Å². The first kappa shape index (κ1) is 16.2. The zero-order valence-corrected chi connectivity index (χ0v) is 14.1. The average molecular weight is 316 g/mol. The largest absolute Gasteiger partial charge is 0.359 e. The van der Waals surface area contributed by atoms with E-state index in [1.54, 1.807) is 18.3 Å². The second-order valence-corrected chi connectivity index (χ2v) is 7.96. The molecule has 3 rings (SSSR count). The number of ketones is 1. The first-order chi connectivity index (χ1) is 10.8. The third-order valence-corrected chi connectivity index (χ3v) is 5.00. The molecule has 2 N–H and O–H groups in total. The highest BCUT2D eigenvalue weighted by Crippen LogP contribution is 2.39. The molecule has 1 saturated heterocycles. The number of halogens is 1. The first-order valence-corrected chi connectivity index (χ1v) is 8.34. The molecule has 4 heteroatoms. The van der Waals surface area contributed by atoms with Gasteiger partial charge in [-0.3, -0.25) is 4.79 Å². The van der Waals surface area contributed by atoms with Crippen molar-refractivity contribution >= 4 is 16.7 Å². The van der Waals surface area contributed by atoms with E-state index in [4.69, 9.17) is 0 Å². The van der Waals surface area contributed by atoms with E-state index in [0.717, 1.165) is 25.8 Å². The molecule has 1 aliphatic heterocycles. The number of H-pyrrole nitrogens is 1. The SMILES string of the molecule is CC(C)(C)CC[C@]1(C(=O)c2ccc(F)c3[nH]ccc23)CCNC1. The second kappa shape index (κ2) is 5.75. The molecule has 1 atom stereocenters. The number of rotatable bonds is 4. The Balaban J connectivity index is 1.98. The van der Waals surface area contributed by atoms with Gasteiger partial charge in [-0.2, -0.15) is 0 Å². The molecule has 0 aliphatic carbocycles. The Morgan fingerprint density at radius 2 is 2.09 bits per heavy atom. The summed E-state index contributed by atoms with van der Waals surface area (Å²) in [5.41, 5.74) is 0.894.